The Labute approximate surface area is 179 Å². The van der Waals surface area contributed by atoms with E-state index in [-0.39, 0.29) is 17.3 Å². The van der Waals surface area contributed by atoms with Crippen LogP contribution < -0.4 is 11.2 Å². The third-order valence-corrected chi connectivity index (χ3v) is 6.35. The smallest absolute Gasteiger partial charge is 0.310 e. The quantitative estimate of drug-likeness (QED) is 0.472. The van der Waals surface area contributed by atoms with E-state index >= 15 is 0 Å². The van der Waals surface area contributed by atoms with Gasteiger partial charge in [-0.05, 0) is 56.5 Å². The molecule has 0 unspecified atom stereocenters. The van der Waals surface area contributed by atoms with Gasteiger partial charge in [-0.3, -0.25) is 9.36 Å². The number of imidazole rings is 1. The van der Waals surface area contributed by atoms with Gasteiger partial charge in [-0.25, -0.2) is 9.78 Å². The maximum Gasteiger partial charge on any atom is 0.326 e. The van der Waals surface area contributed by atoms with E-state index in [0.717, 1.165) is 74.1 Å². The number of piperidine rings is 1. The second-order valence-electron chi connectivity index (χ2n) is 8.38. The van der Waals surface area contributed by atoms with Crippen LogP contribution in [0.15, 0.2) is 58.1 Å². The van der Waals surface area contributed by atoms with Gasteiger partial charge in [-0.15, -0.1) is 0 Å². The second kappa shape index (κ2) is 8.51. The van der Waals surface area contributed by atoms with E-state index in [1.54, 1.807) is 6.07 Å². The molecule has 0 atom stereocenters. The van der Waals surface area contributed by atoms with E-state index in [1.807, 2.05) is 47.0 Å². The Balaban J connectivity index is 1.13. The van der Waals surface area contributed by atoms with Gasteiger partial charge < -0.3 is 14.9 Å². The molecule has 2 aromatic carbocycles. The molecule has 2 N–H and O–H groups in total. The summed E-state index contributed by atoms with van der Waals surface area (Å²) in [6.07, 6.45) is 4.81. The van der Waals surface area contributed by atoms with Gasteiger partial charge >= 0.3 is 5.69 Å². The third-order valence-electron chi connectivity index (χ3n) is 6.35. The lowest BCUT2D eigenvalue weighted by Gasteiger charge is -2.32. The molecule has 160 valence electrons. The summed E-state index contributed by atoms with van der Waals surface area (Å²) in [7, 11) is 0. The van der Waals surface area contributed by atoms with Gasteiger partial charge in [0.1, 0.15) is 5.82 Å². The summed E-state index contributed by atoms with van der Waals surface area (Å²) < 4.78 is 1.94. The largest absolute Gasteiger partial charge is 0.326 e. The third kappa shape index (κ3) is 4.05. The van der Waals surface area contributed by atoms with E-state index in [1.165, 1.54) is 0 Å². The predicted molar refractivity (Wildman–Crippen MR) is 123 cm³/mol. The van der Waals surface area contributed by atoms with Crippen LogP contribution in [0.2, 0.25) is 0 Å². The maximum atomic E-state index is 12.4. The molecule has 2 aromatic heterocycles. The SMILES string of the molecule is O=c1[nH]c(CCCCN2CCC(n3c(=O)[nH]c4ccccc43)CC2)nc2ccccc12. The number of hydrogen-bond donors (Lipinski definition) is 2. The average Bonchev–Trinajstić information content (AvgIpc) is 3.13. The zero-order valence-electron chi connectivity index (χ0n) is 17.5. The van der Waals surface area contributed by atoms with Crippen molar-refractivity contribution < 1.29 is 0 Å². The number of hydrogen-bond acceptors (Lipinski definition) is 4. The monoisotopic (exact) mass is 417 g/mol. The van der Waals surface area contributed by atoms with E-state index in [4.69, 9.17) is 0 Å². The molecule has 7 nitrogen and oxygen atoms in total. The van der Waals surface area contributed by atoms with Gasteiger partial charge in [0.25, 0.3) is 5.56 Å². The van der Waals surface area contributed by atoms with Crippen LogP contribution in [0.1, 0.15) is 37.5 Å². The van der Waals surface area contributed by atoms with Gasteiger partial charge in [-0.2, -0.15) is 0 Å². The summed E-state index contributed by atoms with van der Waals surface area (Å²) in [5.41, 5.74) is 2.61. The highest BCUT2D eigenvalue weighted by Crippen LogP contribution is 2.25. The number of fused-ring (bicyclic) bond motifs is 2. The normalized spacial score (nSPS) is 15.7. The number of para-hydroxylation sites is 3. The highest BCUT2D eigenvalue weighted by atomic mass is 16.1. The molecule has 0 bridgehead atoms. The number of rotatable bonds is 6. The Morgan fingerprint density at radius 2 is 1.71 bits per heavy atom. The zero-order chi connectivity index (χ0) is 21.2. The van der Waals surface area contributed by atoms with Crippen LogP contribution in [0.5, 0.6) is 0 Å². The van der Waals surface area contributed by atoms with E-state index in [0.29, 0.717) is 5.39 Å². The molecule has 1 fully saturated rings. The number of aromatic amines is 2. The fraction of sp³-hybridized carbons (Fsp3) is 0.375. The summed E-state index contributed by atoms with van der Waals surface area (Å²) in [5, 5.41) is 0.642. The molecule has 4 aromatic rings. The summed E-state index contributed by atoms with van der Waals surface area (Å²) in [5.74, 6) is 0.765. The van der Waals surface area contributed by atoms with E-state index < -0.39 is 0 Å². The molecule has 31 heavy (non-hydrogen) atoms. The van der Waals surface area contributed by atoms with Crippen molar-refractivity contribution in [3.63, 3.8) is 0 Å². The summed E-state index contributed by atoms with van der Waals surface area (Å²) in [6.45, 7) is 3.04. The van der Waals surface area contributed by atoms with Crippen LogP contribution in [-0.2, 0) is 6.42 Å². The minimum Gasteiger partial charge on any atom is -0.310 e. The summed E-state index contributed by atoms with van der Waals surface area (Å²) in [4.78, 5) is 37.6. The zero-order valence-corrected chi connectivity index (χ0v) is 17.5. The molecule has 1 aliphatic heterocycles. The van der Waals surface area contributed by atoms with Crippen molar-refractivity contribution in [2.45, 2.75) is 38.1 Å². The van der Waals surface area contributed by atoms with E-state index in [2.05, 4.69) is 19.9 Å². The standard InChI is InChI=1S/C24H27N5O2/c30-23-18-7-1-2-8-19(18)25-22(27-23)11-5-6-14-28-15-12-17(13-16-28)29-21-10-4-3-9-20(21)26-24(29)31/h1-4,7-10,17H,5-6,11-16H2,(H,26,31)(H,25,27,30). The van der Waals surface area contributed by atoms with Crippen LogP contribution >= 0.6 is 0 Å². The first-order chi connectivity index (χ1) is 15.2. The van der Waals surface area contributed by atoms with Crippen molar-refractivity contribution in [2.24, 2.45) is 0 Å². The first-order valence-corrected chi connectivity index (χ1v) is 11.1. The average molecular weight is 418 g/mol. The fourth-order valence-electron chi connectivity index (χ4n) is 4.72. The van der Waals surface area contributed by atoms with Gasteiger partial charge in [0.15, 0.2) is 0 Å². The molecular formula is C24H27N5O2. The van der Waals surface area contributed by atoms with Crippen LogP contribution in [0, 0.1) is 0 Å². The number of nitrogens with zero attached hydrogens (tertiary/aromatic N) is 3. The lowest BCUT2D eigenvalue weighted by molar-refractivity contribution is 0.184. The lowest BCUT2D eigenvalue weighted by atomic mass is 10.0. The number of benzene rings is 2. The van der Waals surface area contributed by atoms with Gasteiger partial charge in [0.2, 0.25) is 0 Å². The van der Waals surface area contributed by atoms with Gasteiger partial charge in [0, 0.05) is 25.6 Å². The number of H-pyrrole nitrogens is 2. The van der Waals surface area contributed by atoms with Crippen molar-refractivity contribution >= 4 is 21.9 Å². The van der Waals surface area contributed by atoms with Crippen molar-refractivity contribution in [1.82, 2.24) is 24.4 Å². The van der Waals surface area contributed by atoms with Crippen molar-refractivity contribution in [3.05, 3.63) is 75.2 Å². The topological polar surface area (TPSA) is 86.8 Å². The number of likely N-dealkylation sites (tertiary alicyclic amines) is 1. The highest BCUT2D eigenvalue weighted by molar-refractivity contribution is 5.77. The number of aromatic nitrogens is 4. The molecule has 1 aliphatic rings. The molecule has 3 heterocycles. The van der Waals surface area contributed by atoms with Crippen LogP contribution in [0.4, 0.5) is 0 Å². The van der Waals surface area contributed by atoms with Crippen LogP contribution in [0.25, 0.3) is 21.9 Å². The molecule has 7 heteroatoms. The lowest BCUT2D eigenvalue weighted by Crippen LogP contribution is -2.37. The van der Waals surface area contributed by atoms with Gasteiger partial charge in [-0.1, -0.05) is 24.3 Å². The number of aryl methyl sites for hydroxylation is 1. The Hall–Kier alpha value is -3.19. The Bertz CT molecular complexity index is 1310. The number of unbranched alkanes of at least 4 members (excludes halogenated alkanes) is 1. The molecule has 1 saturated heterocycles. The second-order valence-corrected chi connectivity index (χ2v) is 8.38. The van der Waals surface area contributed by atoms with Gasteiger partial charge in [0.05, 0.1) is 21.9 Å². The van der Waals surface area contributed by atoms with Crippen LogP contribution in [-0.4, -0.2) is 44.1 Å². The Morgan fingerprint density at radius 1 is 0.935 bits per heavy atom. The molecule has 0 amide bonds. The minimum absolute atomic E-state index is 0.00322. The summed E-state index contributed by atoms with van der Waals surface area (Å²) >= 11 is 0. The molecule has 0 saturated carbocycles. The molecule has 0 spiro atoms. The first-order valence-electron chi connectivity index (χ1n) is 11.1. The molecule has 5 rings (SSSR count). The Morgan fingerprint density at radius 3 is 2.58 bits per heavy atom. The molecule has 0 radical (unpaired) electrons. The predicted octanol–water partition coefficient (Wildman–Crippen LogP) is 3.23. The maximum absolute atomic E-state index is 12.4. The number of nitrogens with one attached hydrogen (secondary N) is 2. The molecular weight excluding hydrogens is 390 g/mol. The van der Waals surface area contributed by atoms with Crippen LogP contribution in [0.3, 0.4) is 0 Å². The van der Waals surface area contributed by atoms with Crippen molar-refractivity contribution in [2.75, 3.05) is 19.6 Å². The summed E-state index contributed by atoms with van der Waals surface area (Å²) in [6, 6.07) is 15.6. The molecule has 0 aliphatic carbocycles. The minimum atomic E-state index is -0.0600. The van der Waals surface area contributed by atoms with Crippen molar-refractivity contribution in [1.29, 1.82) is 0 Å². The Kier molecular flexibility index (Phi) is 5.42. The fourth-order valence-corrected chi connectivity index (χ4v) is 4.72. The van der Waals surface area contributed by atoms with E-state index in [9.17, 15) is 9.59 Å². The van der Waals surface area contributed by atoms with Crippen molar-refractivity contribution in [3.8, 4) is 0 Å². The first kappa shape index (κ1) is 19.8. The highest BCUT2D eigenvalue weighted by Gasteiger charge is 2.23.